The van der Waals surface area contributed by atoms with Crippen molar-refractivity contribution in [2.24, 2.45) is 5.92 Å². The van der Waals surface area contributed by atoms with E-state index in [0.717, 1.165) is 47.9 Å². The summed E-state index contributed by atoms with van der Waals surface area (Å²) in [5, 5.41) is 11.1. The van der Waals surface area contributed by atoms with E-state index in [1.54, 1.807) is 36.4 Å². The normalized spacial score (nSPS) is 18.4. The average molecular weight is 562 g/mol. The second-order valence-electron chi connectivity index (χ2n) is 10.5. The second kappa shape index (κ2) is 13.9. The predicted molar refractivity (Wildman–Crippen MR) is 158 cm³/mol. The standard InChI is InChI=1S/C33H39NO5S/c1-3-4-5-9-16-29(30(35)22-19-25-12-7-6-8-13-25)33(36)39-31-23-26-14-10-11-15-28(26)32(31)34-40(37,38)27-20-17-24(2)18-21-27/h6-8,10-15,17-22,29-32,34-35H,3-5,9,16,23H2,1-2H3/b22-19+/t29-,30-,31+,32-/m0/s1. The largest absolute Gasteiger partial charge is 0.460 e. The van der Waals surface area contributed by atoms with Crippen LogP contribution in [0.1, 0.15) is 67.3 Å². The minimum Gasteiger partial charge on any atom is -0.460 e. The Balaban J connectivity index is 1.54. The molecule has 0 heterocycles. The highest BCUT2D eigenvalue weighted by atomic mass is 32.2. The molecule has 212 valence electrons. The van der Waals surface area contributed by atoms with Gasteiger partial charge in [0.25, 0.3) is 0 Å². The lowest BCUT2D eigenvalue weighted by Gasteiger charge is -2.26. The third-order valence-electron chi connectivity index (χ3n) is 7.43. The van der Waals surface area contributed by atoms with Gasteiger partial charge in [0.15, 0.2) is 0 Å². The number of aliphatic hydroxyl groups excluding tert-OH is 1. The molecule has 0 saturated carbocycles. The maximum Gasteiger partial charge on any atom is 0.312 e. The van der Waals surface area contributed by atoms with Gasteiger partial charge in [-0.1, -0.05) is 117 Å². The van der Waals surface area contributed by atoms with Crippen molar-refractivity contribution in [1.29, 1.82) is 0 Å². The van der Waals surface area contributed by atoms with Gasteiger partial charge >= 0.3 is 5.97 Å². The molecule has 0 spiro atoms. The molecule has 0 amide bonds. The number of aliphatic hydroxyl groups is 1. The lowest BCUT2D eigenvalue weighted by Crippen LogP contribution is -2.39. The summed E-state index contributed by atoms with van der Waals surface area (Å²) in [6.45, 7) is 4.02. The molecule has 0 aliphatic heterocycles. The van der Waals surface area contributed by atoms with Crippen LogP contribution in [-0.4, -0.2) is 31.7 Å². The molecule has 6 nitrogen and oxygen atoms in total. The number of fused-ring (bicyclic) bond motifs is 1. The molecule has 40 heavy (non-hydrogen) atoms. The average Bonchev–Trinajstić information content (AvgIpc) is 3.28. The van der Waals surface area contributed by atoms with Crippen molar-refractivity contribution in [2.45, 2.75) is 75.5 Å². The molecule has 7 heteroatoms. The van der Waals surface area contributed by atoms with Gasteiger partial charge in [-0.2, -0.15) is 4.72 Å². The zero-order valence-corrected chi connectivity index (χ0v) is 24.0. The fourth-order valence-electron chi connectivity index (χ4n) is 5.12. The summed E-state index contributed by atoms with van der Waals surface area (Å²) in [6, 6.07) is 23.1. The Labute approximate surface area is 238 Å². The third-order valence-corrected chi connectivity index (χ3v) is 8.89. The quantitative estimate of drug-likeness (QED) is 0.193. The number of ether oxygens (including phenoxy) is 1. The van der Waals surface area contributed by atoms with Crippen molar-refractivity contribution in [3.63, 3.8) is 0 Å². The molecule has 0 radical (unpaired) electrons. The molecule has 4 atom stereocenters. The first-order chi connectivity index (χ1) is 19.3. The van der Waals surface area contributed by atoms with E-state index in [1.165, 1.54) is 0 Å². The van der Waals surface area contributed by atoms with Crippen LogP contribution in [-0.2, 0) is 26.0 Å². The van der Waals surface area contributed by atoms with Gasteiger partial charge in [-0.25, -0.2) is 8.42 Å². The number of carbonyl (C=O) groups is 1. The molecule has 0 bridgehead atoms. The Morgan fingerprint density at radius 1 is 1.00 bits per heavy atom. The van der Waals surface area contributed by atoms with E-state index in [-0.39, 0.29) is 4.90 Å². The van der Waals surface area contributed by atoms with Gasteiger partial charge in [-0.15, -0.1) is 0 Å². The van der Waals surface area contributed by atoms with Gasteiger partial charge in [-0.05, 0) is 42.2 Å². The summed E-state index contributed by atoms with van der Waals surface area (Å²) in [4.78, 5) is 13.7. The van der Waals surface area contributed by atoms with Gasteiger partial charge in [-0.3, -0.25) is 4.79 Å². The number of hydrogen-bond donors (Lipinski definition) is 2. The number of carbonyl (C=O) groups excluding carboxylic acids is 1. The molecular weight excluding hydrogens is 522 g/mol. The lowest BCUT2D eigenvalue weighted by molar-refractivity contribution is -0.158. The topological polar surface area (TPSA) is 92.7 Å². The minimum absolute atomic E-state index is 0.155. The van der Waals surface area contributed by atoms with Crippen LogP contribution in [0.3, 0.4) is 0 Å². The highest BCUT2D eigenvalue weighted by Crippen LogP contribution is 2.35. The SMILES string of the molecule is CCCCCC[C@H](C(=O)O[C@@H]1Cc2ccccc2[C@@H]1NS(=O)(=O)c1ccc(C)cc1)[C@@H](O)/C=C/c1ccccc1. The van der Waals surface area contributed by atoms with E-state index in [0.29, 0.717) is 12.8 Å². The summed E-state index contributed by atoms with van der Waals surface area (Å²) in [6.07, 6.45) is 6.44. The molecule has 2 N–H and O–H groups in total. The number of unbranched alkanes of at least 4 members (excludes halogenated alkanes) is 3. The molecule has 0 saturated heterocycles. The smallest absolute Gasteiger partial charge is 0.312 e. The molecule has 4 rings (SSSR count). The number of sulfonamides is 1. The van der Waals surface area contributed by atoms with E-state index < -0.39 is 40.2 Å². The molecule has 0 unspecified atom stereocenters. The van der Waals surface area contributed by atoms with Crippen LogP contribution in [0.2, 0.25) is 0 Å². The van der Waals surface area contributed by atoms with E-state index in [9.17, 15) is 18.3 Å². The highest BCUT2D eigenvalue weighted by Gasteiger charge is 2.39. The Kier molecular flexibility index (Phi) is 10.3. The number of hydrogen-bond acceptors (Lipinski definition) is 5. The first kappa shape index (κ1) is 29.7. The Morgan fingerprint density at radius 3 is 2.42 bits per heavy atom. The van der Waals surface area contributed by atoms with Crippen LogP contribution in [0.5, 0.6) is 0 Å². The van der Waals surface area contributed by atoms with Gasteiger partial charge in [0.1, 0.15) is 6.10 Å². The van der Waals surface area contributed by atoms with Crippen LogP contribution in [0, 0.1) is 12.8 Å². The van der Waals surface area contributed by atoms with Crippen LogP contribution >= 0.6 is 0 Å². The Hall–Kier alpha value is -3.26. The third kappa shape index (κ3) is 7.68. The van der Waals surface area contributed by atoms with E-state index in [1.807, 2.05) is 61.5 Å². The van der Waals surface area contributed by atoms with Crippen LogP contribution in [0.15, 0.2) is 89.8 Å². The van der Waals surface area contributed by atoms with E-state index in [2.05, 4.69) is 11.6 Å². The van der Waals surface area contributed by atoms with Gasteiger partial charge in [0.05, 0.1) is 23.0 Å². The summed E-state index contributed by atoms with van der Waals surface area (Å²) < 4.78 is 35.4. The summed E-state index contributed by atoms with van der Waals surface area (Å²) in [5.74, 6) is -1.27. The Morgan fingerprint density at radius 2 is 1.70 bits per heavy atom. The van der Waals surface area contributed by atoms with Gasteiger partial charge in [0, 0.05) is 6.42 Å². The number of esters is 1. The zero-order chi connectivity index (χ0) is 28.5. The van der Waals surface area contributed by atoms with Crippen molar-refractivity contribution >= 4 is 22.1 Å². The first-order valence-corrected chi connectivity index (χ1v) is 15.6. The molecule has 0 aromatic heterocycles. The number of aryl methyl sites for hydroxylation is 1. The number of benzene rings is 3. The van der Waals surface area contributed by atoms with E-state index in [4.69, 9.17) is 4.74 Å². The van der Waals surface area contributed by atoms with Gasteiger partial charge in [0.2, 0.25) is 10.0 Å². The monoisotopic (exact) mass is 561 g/mol. The molecule has 1 aliphatic rings. The van der Waals surface area contributed by atoms with Crippen LogP contribution in [0.4, 0.5) is 0 Å². The maximum absolute atomic E-state index is 13.6. The highest BCUT2D eigenvalue weighted by molar-refractivity contribution is 7.89. The molecular formula is C33H39NO5S. The maximum atomic E-state index is 13.6. The summed E-state index contributed by atoms with van der Waals surface area (Å²) >= 11 is 0. The van der Waals surface area contributed by atoms with Crippen LogP contribution < -0.4 is 4.72 Å². The lowest BCUT2D eigenvalue weighted by atomic mass is 9.94. The number of rotatable bonds is 13. The predicted octanol–water partition coefficient (Wildman–Crippen LogP) is 6.14. The van der Waals surface area contributed by atoms with Crippen molar-refractivity contribution in [2.75, 3.05) is 0 Å². The second-order valence-corrected chi connectivity index (χ2v) is 12.2. The molecule has 3 aromatic rings. The van der Waals surface area contributed by atoms with E-state index >= 15 is 0 Å². The van der Waals surface area contributed by atoms with Crippen molar-refractivity contribution in [1.82, 2.24) is 4.72 Å². The van der Waals surface area contributed by atoms with Crippen LogP contribution in [0.25, 0.3) is 6.08 Å². The van der Waals surface area contributed by atoms with Crippen molar-refractivity contribution in [3.05, 3.63) is 107 Å². The van der Waals surface area contributed by atoms with Crippen molar-refractivity contribution < 1.29 is 23.1 Å². The molecule has 0 fully saturated rings. The molecule has 1 aliphatic carbocycles. The summed E-state index contributed by atoms with van der Waals surface area (Å²) in [7, 11) is -3.87. The molecule has 3 aromatic carbocycles. The zero-order valence-electron chi connectivity index (χ0n) is 23.2. The summed E-state index contributed by atoms with van der Waals surface area (Å²) in [5.41, 5.74) is 3.61. The number of nitrogens with one attached hydrogen (secondary N) is 1. The van der Waals surface area contributed by atoms with Gasteiger partial charge < -0.3 is 9.84 Å². The minimum atomic E-state index is -3.87. The van der Waals surface area contributed by atoms with Crippen molar-refractivity contribution in [3.8, 4) is 0 Å². The first-order valence-electron chi connectivity index (χ1n) is 14.1. The Bertz CT molecular complexity index is 1390. The fraction of sp³-hybridized carbons (Fsp3) is 0.364. The fourth-order valence-corrected chi connectivity index (χ4v) is 6.37.